The van der Waals surface area contributed by atoms with Crippen molar-refractivity contribution in [2.45, 2.75) is 45.7 Å². The molecule has 30 heavy (non-hydrogen) atoms. The van der Waals surface area contributed by atoms with Crippen molar-refractivity contribution in [3.05, 3.63) is 28.8 Å². The molecule has 0 saturated carbocycles. The quantitative estimate of drug-likeness (QED) is 0.538. The van der Waals surface area contributed by atoms with E-state index in [9.17, 15) is 14.4 Å². The third-order valence-corrected chi connectivity index (χ3v) is 4.75. The van der Waals surface area contributed by atoms with E-state index in [0.29, 0.717) is 29.1 Å². The van der Waals surface area contributed by atoms with Crippen molar-refractivity contribution >= 4 is 41.0 Å². The molecule has 1 aliphatic rings. The summed E-state index contributed by atoms with van der Waals surface area (Å²) in [5.74, 6) is -0.956. The van der Waals surface area contributed by atoms with Gasteiger partial charge in [-0.2, -0.15) is 10.1 Å². The Labute approximate surface area is 180 Å². The average molecular weight is 440 g/mol. The molecule has 0 bridgehead atoms. The predicted molar refractivity (Wildman–Crippen MR) is 112 cm³/mol. The molecule has 1 heterocycles. The number of esters is 1. The average Bonchev–Trinajstić information content (AvgIpc) is 2.68. The van der Waals surface area contributed by atoms with Crippen LogP contribution in [0.1, 0.15) is 48.7 Å². The van der Waals surface area contributed by atoms with Crippen LogP contribution in [0.25, 0.3) is 0 Å². The second-order valence-electron chi connectivity index (χ2n) is 6.53. The van der Waals surface area contributed by atoms with Gasteiger partial charge in [0.05, 0.1) is 36.1 Å². The van der Waals surface area contributed by atoms with Crippen LogP contribution >= 0.6 is 11.6 Å². The van der Waals surface area contributed by atoms with E-state index < -0.39 is 23.7 Å². The lowest BCUT2D eigenvalue weighted by Crippen LogP contribution is -2.46. The minimum absolute atomic E-state index is 0.148. The number of amides is 2. The molecule has 9 nitrogen and oxygen atoms in total. The molecule has 0 aromatic heterocycles. The molecule has 0 radical (unpaired) electrons. The van der Waals surface area contributed by atoms with Crippen molar-refractivity contribution in [2.75, 3.05) is 25.6 Å². The number of carbonyl (C=O) groups excluding carboxylic acids is 3. The molecule has 2 rings (SSSR count). The van der Waals surface area contributed by atoms with Crippen molar-refractivity contribution in [3.8, 4) is 0 Å². The van der Waals surface area contributed by atoms with E-state index in [1.54, 1.807) is 32.9 Å². The molecule has 0 fully saturated rings. The molecule has 1 aromatic carbocycles. The number of benzene rings is 1. The molecule has 0 spiro atoms. The van der Waals surface area contributed by atoms with Gasteiger partial charge in [-0.1, -0.05) is 0 Å². The molecule has 164 valence electrons. The standard InChI is InChI=1S/C20H26ClN3O6/c1-6-29-17-10-15(21)18(23-24(17)20(27)30-7-2)13-9-14(19(26)28-5)16(8-11(13)3)22-12(4)25/h8-9,15,17H,6-7,10H2,1-5H3,(H,22,25). The lowest BCUT2D eigenvalue weighted by molar-refractivity contribution is -0.114. The van der Waals surface area contributed by atoms with Gasteiger partial charge in [-0.15, -0.1) is 11.6 Å². The summed E-state index contributed by atoms with van der Waals surface area (Å²) < 4.78 is 15.5. The van der Waals surface area contributed by atoms with Crippen LogP contribution in [0.3, 0.4) is 0 Å². The third kappa shape index (κ3) is 5.28. The van der Waals surface area contributed by atoms with Gasteiger partial charge in [-0.25, -0.2) is 9.59 Å². The summed E-state index contributed by atoms with van der Waals surface area (Å²) in [5.41, 5.74) is 2.10. The number of nitrogens with zero attached hydrogens (tertiary/aromatic N) is 2. The number of hydrazone groups is 1. The lowest BCUT2D eigenvalue weighted by Gasteiger charge is -2.33. The maximum absolute atomic E-state index is 12.4. The van der Waals surface area contributed by atoms with E-state index >= 15 is 0 Å². The van der Waals surface area contributed by atoms with Crippen LogP contribution in [-0.4, -0.2) is 60.6 Å². The summed E-state index contributed by atoms with van der Waals surface area (Å²) in [5, 5.41) is 7.57. The van der Waals surface area contributed by atoms with E-state index in [1.807, 2.05) is 0 Å². The number of anilines is 1. The van der Waals surface area contributed by atoms with Crippen molar-refractivity contribution in [1.29, 1.82) is 0 Å². The number of halogens is 1. The number of aryl methyl sites for hydroxylation is 1. The van der Waals surface area contributed by atoms with Crippen LogP contribution in [-0.2, 0) is 19.0 Å². The van der Waals surface area contributed by atoms with Gasteiger partial charge in [0.25, 0.3) is 0 Å². The highest BCUT2D eigenvalue weighted by atomic mass is 35.5. The Kier molecular flexibility index (Phi) is 8.19. The van der Waals surface area contributed by atoms with Crippen LogP contribution < -0.4 is 5.32 Å². The van der Waals surface area contributed by atoms with Crippen LogP contribution in [0.2, 0.25) is 0 Å². The molecule has 0 saturated heterocycles. The first kappa shape index (κ1) is 23.6. The van der Waals surface area contributed by atoms with Crippen molar-refractivity contribution in [1.82, 2.24) is 5.01 Å². The molecule has 1 aromatic rings. The Balaban J connectivity index is 2.58. The molecule has 10 heteroatoms. The first-order valence-corrected chi connectivity index (χ1v) is 9.98. The summed E-state index contributed by atoms with van der Waals surface area (Å²) in [4.78, 5) is 36.2. The molecule has 2 atom stereocenters. The number of hydrogen-bond acceptors (Lipinski definition) is 7. The van der Waals surface area contributed by atoms with Crippen molar-refractivity contribution in [3.63, 3.8) is 0 Å². The van der Waals surface area contributed by atoms with E-state index in [4.69, 9.17) is 25.8 Å². The SMILES string of the molecule is CCOC(=O)N1N=C(c2cc(C(=O)OC)c(NC(C)=O)cc2C)C(Cl)CC1OCC. The summed E-state index contributed by atoms with van der Waals surface area (Å²) in [6, 6.07) is 3.18. The molecule has 1 N–H and O–H groups in total. The highest BCUT2D eigenvalue weighted by molar-refractivity contribution is 6.35. The Bertz CT molecular complexity index is 857. The van der Waals surface area contributed by atoms with Crippen LogP contribution in [0.4, 0.5) is 10.5 Å². The molecule has 2 amide bonds. The van der Waals surface area contributed by atoms with E-state index in [0.717, 1.165) is 5.01 Å². The number of hydrogen-bond donors (Lipinski definition) is 1. The first-order valence-electron chi connectivity index (χ1n) is 9.54. The Morgan fingerprint density at radius 3 is 2.53 bits per heavy atom. The zero-order valence-electron chi connectivity index (χ0n) is 17.7. The Morgan fingerprint density at radius 2 is 1.97 bits per heavy atom. The zero-order valence-corrected chi connectivity index (χ0v) is 18.4. The smallest absolute Gasteiger partial charge is 0.432 e. The summed E-state index contributed by atoms with van der Waals surface area (Å²) in [6.07, 6.45) is -1.04. The zero-order chi connectivity index (χ0) is 22.4. The topological polar surface area (TPSA) is 107 Å². The normalized spacial score (nSPS) is 18.5. The van der Waals surface area contributed by atoms with Gasteiger partial charge < -0.3 is 19.5 Å². The molecular weight excluding hydrogens is 414 g/mol. The number of nitrogens with one attached hydrogen (secondary N) is 1. The molecule has 2 unspecified atom stereocenters. The lowest BCUT2D eigenvalue weighted by atomic mass is 9.95. The van der Waals surface area contributed by atoms with Gasteiger partial charge in [0, 0.05) is 25.5 Å². The first-order chi connectivity index (χ1) is 14.2. The molecular formula is C20H26ClN3O6. The minimum atomic E-state index is -0.667. The van der Waals surface area contributed by atoms with E-state index in [1.165, 1.54) is 14.0 Å². The number of methoxy groups -OCH3 is 1. The van der Waals surface area contributed by atoms with Crippen molar-refractivity contribution < 1.29 is 28.6 Å². The number of ether oxygens (including phenoxy) is 3. The van der Waals surface area contributed by atoms with Gasteiger partial charge >= 0.3 is 12.1 Å². The van der Waals surface area contributed by atoms with Gasteiger partial charge in [-0.05, 0) is 38.5 Å². The largest absolute Gasteiger partial charge is 0.465 e. The van der Waals surface area contributed by atoms with Crippen LogP contribution in [0, 0.1) is 6.92 Å². The maximum Gasteiger partial charge on any atom is 0.432 e. The molecule has 1 aliphatic heterocycles. The van der Waals surface area contributed by atoms with Crippen LogP contribution in [0.5, 0.6) is 0 Å². The number of alkyl halides is 1. The fraction of sp³-hybridized carbons (Fsp3) is 0.500. The minimum Gasteiger partial charge on any atom is -0.465 e. The monoisotopic (exact) mass is 439 g/mol. The second kappa shape index (κ2) is 10.4. The molecule has 0 aliphatic carbocycles. The van der Waals surface area contributed by atoms with Crippen molar-refractivity contribution in [2.24, 2.45) is 5.10 Å². The Morgan fingerprint density at radius 1 is 1.27 bits per heavy atom. The number of carbonyl (C=O) groups is 3. The highest BCUT2D eigenvalue weighted by Gasteiger charge is 2.36. The van der Waals surface area contributed by atoms with Gasteiger partial charge in [0.2, 0.25) is 5.91 Å². The van der Waals surface area contributed by atoms with Crippen LogP contribution in [0.15, 0.2) is 17.2 Å². The van der Waals surface area contributed by atoms with Gasteiger partial charge in [-0.3, -0.25) is 4.79 Å². The summed E-state index contributed by atoms with van der Waals surface area (Å²) in [6.45, 7) is 7.18. The fourth-order valence-electron chi connectivity index (χ4n) is 3.09. The summed E-state index contributed by atoms with van der Waals surface area (Å²) >= 11 is 6.58. The van der Waals surface area contributed by atoms with E-state index in [-0.39, 0.29) is 24.5 Å². The second-order valence-corrected chi connectivity index (χ2v) is 7.05. The fourth-order valence-corrected chi connectivity index (χ4v) is 3.40. The third-order valence-electron chi connectivity index (χ3n) is 4.36. The van der Waals surface area contributed by atoms with E-state index in [2.05, 4.69) is 10.4 Å². The summed E-state index contributed by atoms with van der Waals surface area (Å²) in [7, 11) is 1.25. The predicted octanol–water partition coefficient (Wildman–Crippen LogP) is 3.28. The Hall–Kier alpha value is -2.65. The number of rotatable bonds is 6. The highest BCUT2D eigenvalue weighted by Crippen LogP contribution is 2.30. The maximum atomic E-state index is 12.4. The van der Waals surface area contributed by atoms with Gasteiger partial charge in [0.15, 0.2) is 6.23 Å². The van der Waals surface area contributed by atoms with Gasteiger partial charge in [0.1, 0.15) is 0 Å².